The lowest BCUT2D eigenvalue weighted by molar-refractivity contribution is 0.332. The predicted octanol–water partition coefficient (Wildman–Crippen LogP) is 12.8. The zero-order valence-corrected chi connectivity index (χ0v) is 28.8. The quantitative estimate of drug-likeness (QED) is 0.107. The Bertz CT molecular complexity index is 2150. The van der Waals surface area contributed by atoms with Crippen molar-refractivity contribution < 1.29 is 4.74 Å². The molecular formula is C48H34N4O. The maximum atomic E-state index is 9.67. The monoisotopic (exact) mass is 682 g/mol. The second kappa shape index (κ2) is 16.4. The zero-order valence-electron chi connectivity index (χ0n) is 28.8. The van der Waals surface area contributed by atoms with Crippen molar-refractivity contribution in [2.75, 3.05) is 9.80 Å². The van der Waals surface area contributed by atoms with Crippen LogP contribution in [0, 0.1) is 17.9 Å². The average Bonchev–Trinajstić information content (AvgIpc) is 3.22. The number of hydrogen-bond acceptors (Lipinski definition) is 4. The smallest absolute Gasteiger partial charge is 0.269 e. The normalized spacial score (nSPS) is 12.3. The van der Waals surface area contributed by atoms with Gasteiger partial charge in [0.2, 0.25) is 0 Å². The van der Waals surface area contributed by atoms with Crippen molar-refractivity contribution in [2.24, 2.45) is 0 Å². The first-order valence-corrected chi connectivity index (χ1v) is 17.2. The van der Waals surface area contributed by atoms with Crippen LogP contribution >= 0.6 is 0 Å². The maximum Gasteiger partial charge on any atom is 0.269 e. The summed E-state index contributed by atoms with van der Waals surface area (Å²) in [7, 11) is 0. The third kappa shape index (κ3) is 8.24. The molecule has 0 radical (unpaired) electrons. The summed E-state index contributed by atoms with van der Waals surface area (Å²) in [6.45, 7) is 7.56. The number of para-hydroxylation sites is 4. The van der Waals surface area contributed by atoms with Crippen molar-refractivity contribution in [3.63, 3.8) is 0 Å². The molecule has 0 saturated carbocycles. The molecule has 0 aliphatic carbocycles. The van der Waals surface area contributed by atoms with Crippen LogP contribution in [-0.4, -0.2) is 0 Å². The largest absolute Gasteiger partial charge is 0.457 e. The summed E-state index contributed by atoms with van der Waals surface area (Å²) in [6.07, 6.45) is 11.1. The minimum absolute atomic E-state index is 0.00244. The number of benzene rings is 6. The van der Waals surface area contributed by atoms with Crippen LogP contribution in [0.1, 0.15) is 11.1 Å². The van der Waals surface area contributed by atoms with E-state index in [9.17, 15) is 5.26 Å². The first-order valence-electron chi connectivity index (χ1n) is 17.2. The molecule has 0 amide bonds. The Balaban J connectivity index is 1.10. The van der Waals surface area contributed by atoms with E-state index in [1.165, 1.54) is 0 Å². The molecule has 5 nitrogen and oxygen atoms in total. The summed E-state index contributed by atoms with van der Waals surface area (Å²) >= 11 is 0. The molecule has 0 spiro atoms. The summed E-state index contributed by atoms with van der Waals surface area (Å²) in [5.41, 5.74) is 8.79. The summed E-state index contributed by atoms with van der Waals surface area (Å²) in [5, 5.41) is 9.67. The lowest BCUT2D eigenvalue weighted by Crippen LogP contribution is -2.09. The fraction of sp³-hybridized carbons (Fsp3) is 0. The van der Waals surface area contributed by atoms with Gasteiger partial charge in [0.15, 0.2) is 0 Å². The molecule has 0 N–H and O–H groups in total. The third-order valence-corrected chi connectivity index (χ3v) is 8.56. The van der Waals surface area contributed by atoms with Crippen molar-refractivity contribution in [1.29, 1.82) is 5.26 Å². The van der Waals surface area contributed by atoms with Gasteiger partial charge in [-0.15, -0.1) is 0 Å². The van der Waals surface area contributed by atoms with E-state index >= 15 is 0 Å². The highest BCUT2D eigenvalue weighted by molar-refractivity contribution is 5.78. The molecule has 0 aromatic heterocycles. The van der Waals surface area contributed by atoms with E-state index in [1.54, 1.807) is 12.2 Å². The van der Waals surface area contributed by atoms with Crippen molar-refractivity contribution >= 4 is 46.3 Å². The topological polar surface area (TPSA) is 43.9 Å². The van der Waals surface area contributed by atoms with Gasteiger partial charge in [-0.3, -0.25) is 0 Å². The van der Waals surface area contributed by atoms with Crippen molar-refractivity contribution in [3.8, 4) is 6.07 Å². The molecule has 6 aromatic carbocycles. The van der Waals surface area contributed by atoms with Crippen LogP contribution in [-0.2, 0) is 4.74 Å². The molecule has 6 aromatic rings. The number of rotatable bonds is 10. The summed E-state index contributed by atoms with van der Waals surface area (Å²) in [5.74, 6) is 1.05. The van der Waals surface area contributed by atoms with Gasteiger partial charge in [-0.05, 0) is 114 Å². The summed E-state index contributed by atoms with van der Waals surface area (Å²) < 4.78 is 6.24. The standard InChI is InChI=1S/C48H34N4O/c1-50-48(36-49)39-34-46(32-26-37-22-28-44(29-23-37)51(40-14-6-2-7-15-40)41-16-8-3-9-17-41)53-47(35-39)33-27-38-24-30-45(31-25-38)52(42-18-10-4-11-19-42)43-20-12-5-13-21-43/h2-35H/b32-26+,33-27+. The highest BCUT2D eigenvalue weighted by Crippen LogP contribution is 2.36. The van der Waals surface area contributed by atoms with E-state index < -0.39 is 0 Å². The molecule has 252 valence electrons. The van der Waals surface area contributed by atoms with Crippen LogP contribution in [0.2, 0.25) is 0 Å². The fourth-order valence-corrected chi connectivity index (χ4v) is 6.03. The summed E-state index contributed by atoms with van der Waals surface area (Å²) in [6, 6.07) is 59.7. The lowest BCUT2D eigenvalue weighted by atomic mass is 10.1. The van der Waals surface area contributed by atoms with E-state index in [0.717, 1.165) is 45.3 Å². The molecule has 0 unspecified atom stereocenters. The van der Waals surface area contributed by atoms with Crippen LogP contribution in [0.15, 0.2) is 217 Å². The molecule has 7 rings (SSSR count). The molecule has 0 atom stereocenters. The summed E-state index contributed by atoms with van der Waals surface area (Å²) in [4.78, 5) is 7.88. The number of anilines is 6. The van der Waals surface area contributed by atoms with Crippen LogP contribution in [0.25, 0.3) is 17.0 Å². The Morgan fingerprint density at radius 2 is 0.792 bits per heavy atom. The Labute approximate surface area is 310 Å². The van der Waals surface area contributed by atoms with Gasteiger partial charge >= 0.3 is 0 Å². The van der Waals surface area contributed by atoms with E-state index in [1.807, 2.05) is 103 Å². The van der Waals surface area contributed by atoms with Gasteiger partial charge in [0.05, 0.1) is 12.6 Å². The number of hydrogen-bond donors (Lipinski definition) is 0. The lowest BCUT2D eigenvalue weighted by Gasteiger charge is -2.25. The molecule has 0 fully saturated rings. The van der Waals surface area contributed by atoms with Gasteiger partial charge in [-0.1, -0.05) is 109 Å². The molecule has 1 aliphatic rings. The molecule has 5 heteroatoms. The second-order valence-electron chi connectivity index (χ2n) is 12.1. The van der Waals surface area contributed by atoms with E-state index in [0.29, 0.717) is 17.1 Å². The second-order valence-corrected chi connectivity index (χ2v) is 12.1. The van der Waals surface area contributed by atoms with Gasteiger partial charge in [0, 0.05) is 34.1 Å². The first-order chi connectivity index (χ1) is 26.2. The van der Waals surface area contributed by atoms with Gasteiger partial charge in [-0.25, -0.2) is 10.1 Å². The highest BCUT2D eigenvalue weighted by Gasteiger charge is 2.14. The van der Waals surface area contributed by atoms with E-state index in [-0.39, 0.29) is 5.70 Å². The molecular weight excluding hydrogens is 649 g/mol. The van der Waals surface area contributed by atoms with Crippen LogP contribution in [0.4, 0.5) is 34.1 Å². The Kier molecular flexibility index (Phi) is 10.5. The van der Waals surface area contributed by atoms with Gasteiger partial charge < -0.3 is 14.5 Å². The fourth-order valence-electron chi connectivity index (χ4n) is 6.03. The van der Waals surface area contributed by atoms with Crippen molar-refractivity contribution in [1.82, 2.24) is 0 Å². The third-order valence-electron chi connectivity index (χ3n) is 8.56. The van der Waals surface area contributed by atoms with Crippen LogP contribution < -0.4 is 9.80 Å². The Morgan fingerprint density at radius 1 is 0.472 bits per heavy atom. The van der Waals surface area contributed by atoms with Crippen LogP contribution in [0.3, 0.4) is 0 Å². The predicted molar refractivity (Wildman–Crippen MR) is 217 cm³/mol. The number of ether oxygens (including phenoxy) is 1. The zero-order chi connectivity index (χ0) is 36.2. The average molecular weight is 683 g/mol. The van der Waals surface area contributed by atoms with E-state index in [2.05, 4.69) is 112 Å². The van der Waals surface area contributed by atoms with Gasteiger partial charge in [0.25, 0.3) is 5.70 Å². The SMILES string of the molecule is [C-]#[N+]C(C#N)=C1C=C(/C=C/c2ccc(N(c3ccccc3)c3ccccc3)cc2)OC(/C=C/c2ccc(N(c3ccccc3)c3ccccc3)cc2)=C1. The minimum atomic E-state index is 0.00244. The Hall–Kier alpha value is -7.60. The molecule has 0 bridgehead atoms. The highest BCUT2D eigenvalue weighted by atomic mass is 16.5. The van der Waals surface area contributed by atoms with Crippen molar-refractivity contribution in [3.05, 3.63) is 239 Å². The number of nitrogens with zero attached hydrogens (tertiary/aromatic N) is 4. The first kappa shape index (κ1) is 33.9. The Morgan fingerprint density at radius 3 is 1.09 bits per heavy atom. The molecule has 1 heterocycles. The minimum Gasteiger partial charge on any atom is -0.457 e. The molecule has 1 aliphatic heterocycles. The number of nitriles is 1. The molecule has 53 heavy (non-hydrogen) atoms. The maximum absolute atomic E-state index is 9.67. The number of allylic oxidation sites excluding steroid dienone is 6. The van der Waals surface area contributed by atoms with Crippen LogP contribution in [0.5, 0.6) is 0 Å². The van der Waals surface area contributed by atoms with Gasteiger partial charge in [-0.2, -0.15) is 0 Å². The van der Waals surface area contributed by atoms with Gasteiger partial charge in [0.1, 0.15) is 11.5 Å². The van der Waals surface area contributed by atoms with E-state index in [4.69, 9.17) is 11.3 Å². The molecule has 0 saturated heterocycles. The van der Waals surface area contributed by atoms with Crippen molar-refractivity contribution in [2.45, 2.75) is 0 Å².